The lowest BCUT2D eigenvalue weighted by Gasteiger charge is -2.14. The van der Waals surface area contributed by atoms with Crippen molar-refractivity contribution in [1.29, 1.82) is 0 Å². The third kappa shape index (κ3) is 4.63. The highest BCUT2D eigenvalue weighted by atomic mass is 16.6. The van der Waals surface area contributed by atoms with Gasteiger partial charge in [-0.25, -0.2) is 9.97 Å². The lowest BCUT2D eigenvalue weighted by molar-refractivity contribution is -0.383. The largest absolute Gasteiger partial charge is 0.383 e. The molecule has 1 unspecified atom stereocenters. The summed E-state index contributed by atoms with van der Waals surface area (Å²) in [5.74, 6) is 0.355. The van der Waals surface area contributed by atoms with E-state index in [4.69, 9.17) is 4.74 Å². The predicted octanol–water partition coefficient (Wildman–Crippen LogP) is 2.75. The van der Waals surface area contributed by atoms with E-state index in [1.54, 1.807) is 7.11 Å². The molecule has 1 aromatic carbocycles. The van der Waals surface area contributed by atoms with E-state index in [-0.39, 0.29) is 23.4 Å². The van der Waals surface area contributed by atoms with Gasteiger partial charge in [0, 0.05) is 19.7 Å². The van der Waals surface area contributed by atoms with Gasteiger partial charge in [-0.3, -0.25) is 10.1 Å². The fourth-order valence-electron chi connectivity index (χ4n) is 2.20. The van der Waals surface area contributed by atoms with Crippen LogP contribution in [0.3, 0.4) is 0 Å². The van der Waals surface area contributed by atoms with Gasteiger partial charge in [0.2, 0.25) is 11.6 Å². The Morgan fingerprint density at radius 3 is 2.54 bits per heavy atom. The van der Waals surface area contributed by atoms with Gasteiger partial charge in [-0.2, -0.15) is 0 Å². The Kier molecular flexibility index (Phi) is 6.02. The van der Waals surface area contributed by atoms with Crippen molar-refractivity contribution in [2.75, 3.05) is 24.4 Å². The Morgan fingerprint density at radius 2 is 1.92 bits per heavy atom. The molecule has 8 nitrogen and oxygen atoms in total. The van der Waals surface area contributed by atoms with E-state index in [0.29, 0.717) is 13.2 Å². The van der Waals surface area contributed by atoms with Crippen LogP contribution in [0.4, 0.5) is 17.3 Å². The van der Waals surface area contributed by atoms with Crippen LogP contribution in [0.25, 0.3) is 0 Å². The maximum Gasteiger partial charge on any atom is 0.353 e. The van der Waals surface area contributed by atoms with E-state index in [9.17, 15) is 10.1 Å². The zero-order valence-electron chi connectivity index (χ0n) is 13.9. The number of hydrogen-bond acceptors (Lipinski definition) is 7. The maximum atomic E-state index is 11.5. The van der Waals surface area contributed by atoms with Crippen LogP contribution in [0, 0.1) is 17.0 Å². The van der Waals surface area contributed by atoms with E-state index >= 15 is 0 Å². The summed E-state index contributed by atoms with van der Waals surface area (Å²) in [4.78, 5) is 19.0. The molecule has 0 bridgehead atoms. The van der Waals surface area contributed by atoms with Gasteiger partial charge in [0.25, 0.3) is 0 Å². The van der Waals surface area contributed by atoms with E-state index < -0.39 is 4.92 Å². The fraction of sp³-hybridized carbons (Fsp3) is 0.375. The van der Waals surface area contributed by atoms with Crippen LogP contribution >= 0.6 is 0 Å². The molecular weight excluding hydrogens is 310 g/mol. The first kappa shape index (κ1) is 17.6. The molecule has 128 valence electrons. The summed E-state index contributed by atoms with van der Waals surface area (Å²) >= 11 is 0. The maximum absolute atomic E-state index is 11.5. The third-order valence-corrected chi connectivity index (χ3v) is 3.39. The standard InChI is InChI=1S/C16H21N5O3/c1-11-4-6-13(7-5-11)8-17-15-14(21(22)23)16(19-10-18-15)20-12(2)9-24-3/h4-7,10,12H,8-9H2,1-3H3,(H2,17,18,19,20). The summed E-state index contributed by atoms with van der Waals surface area (Å²) in [6.45, 7) is 4.71. The average molecular weight is 331 g/mol. The van der Waals surface area contributed by atoms with Crippen LogP contribution in [0.5, 0.6) is 0 Å². The molecular formula is C16H21N5O3. The molecule has 1 atom stereocenters. The number of ether oxygens (including phenoxy) is 1. The van der Waals surface area contributed by atoms with Crippen LogP contribution in [0.15, 0.2) is 30.6 Å². The van der Waals surface area contributed by atoms with Crippen molar-refractivity contribution in [2.45, 2.75) is 26.4 Å². The second-order valence-electron chi connectivity index (χ2n) is 5.52. The molecule has 0 spiro atoms. The van der Waals surface area contributed by atoms with Crippen molar-refractivity contribution < 1.29 is 9.66 Å². The van der Waals surface area contributed by atoms with Crippen LogP contribution in [-0.2, 0) is 11.3 Å². The first-order valence-electron chi connectivity index (χ1n) is 7.55. The summed E-state index contributed by atoms with van der Waals surface area (Å²) in [7, 11) is 1.57. The summed E-state index contributed by atoms with van der Waals surface area (Å²) in [6.07, 6.45) is 1.30. The van der Waals surface area contributed by atoms with Gasteiger partial charge in [0.05, 0.1) is 11.5 Å². The van der Waals surface area contributed by atoms with Crippen LogP contribution in [0.1, 0.15) is 18.1 Å². The molecule has 1 heterocycles. The third-order valence-electron chi connectivity index (χ3n) is 3.39. The van der Waals surface area contributed by atoms with Crippen molar-refractivity contribution >= 4 is 17.3 Å². The van der Waals surface area contributed by atoms with Gasteiger partial charge in [0.15, 0.2) is 0 Å². The zero-order valence-corrected chi connectivity index (χ0v) is 13.9. The molecule has 2 rings (SSSR count). The minimum Gasteiger partial charge on any atom is -0.383 e. The van der Waals surface area contributed by atoms with E-state index in [1.807, 2.05) is 38.1 Å². The lowest BCUT2D eigenvalue weighted by atomic mass is 10.1. The topological polar surface area (TPSA) is 102 Å². The highest BCUT2D eigenvalue weighted by Crippen LogP contribution is 2.29. The molecule has 2 N–H and O–H groups in total. The van der Waals surface area contributed by atoms with Crippen molar-refractivity contribution in [3.63, 3.8) is 0 Å². The molecule has 24 heavy (non-hydrogen) atoms. The summed E-state index contributed by atoms with van der Waals surface area (Å²) < 4.78 is 5.03. The SMILES string of the molecule is COCC(C)Nc1ncnc(NCc2ccc(C)cc2)c1[N+](=O)[O-]. The monoisotopic (exact) mass is 331 g/mol. The van der Waals surface area contributed by atoms with Gasteiger partial charge >= 0.3 is 5.69 Å². The average Bonchev–Trinajstić information content (AvgIpc) is 2.54. The Balaban J connectivity index is 2.19. The normalized spacial score (nSPS) is 11.8. The highest BCUT2D eigenvalue weighted by molar-refractivity contribution is 5.69. The second-order valence-corrected chi connectivity index (χ2v) is 5.52. The molecule has 0 aliphatic carbocycles. The summed E-state index contributed by atoms with van der Waals surface area (Å²) in [5, 5.41) is 17.4. The zero-order chi connectivity index (χ0) is 17.5. The van der Waals surface area contributed by atoms with Gasteiger partial charge in [-0.15, -0.1) is 0 Å². The molecule has 2 aromatic rings. The molecule has 0 fully saturated rings. The Morgan fingerprint density at radius 1 is 1.25 bits per heavy atom. The van der Waals surface area contributed by atoms with Gasteiger partial charge in [0.1, 0.15) is 6.33 Å². The number of anilines is 2. The van der Waals surface area contributed by atoms with E-state index in [0.717, 1.165) is 11.1 Å². The first-order valence-corrected chi connectivity index (χ1v) is 7.55. The predicted molar refractivity (Wildman–Crippen MR) is 92.2 cm³/mol. The fourth-order valence-corrected chi connectivity index (χ4v) is 2.20. The lowest BCUT2D eigenvalue weighted by Crippen LogP contribution is -2.22. The number of hydrogen-bond donors (Lipinski definition) is 2. The molecule has 0 radical (unpaired) electrons. The van der Waals surface area contributed by atoms with Crippen LogP contribution in [0.2, 0.25) is 0 Å². The molecule has 0 aliphatic rings. The number of nitrogens with zero attached hydrogens (tertiary/aromatic N) is 3. The molecule has 0 saturated carbocycles. The molecule has 0 saturated heterocycles. The number of aryl methyl sites for hydroxylation is 1. The first-order chi connectivity index (χ1) is 11.5. The Labute approximate surface area is 140 Å². The number of rotatable bonds is 8. The number of benzene rings is 1. The van der Waals surface area contributed by atoms with Crippen molar-refractivity contribution in [1.82, 2.24) is 9.97 Å². The van der Waals surface area contributed by atoms with Crippen molar-refractivity contribution in [3.8, 4) is 0 Å². The van der Waals surface area contributed by atoms with Gasteiger partial charge in [-0.05, 0) is 19.4 Å². The van der Waals surface area contributed by atoms with E-state index in [2.05, 4.69) is 20.6 Å². The number of methoxy groups -OCH3 is 1. The summed E-state index contributed by atoms with van der Waals surface area (Å²) in [5.41, 5.74) is 1.99. The van der Waals surface area contributed by atoms with Gasteiger partial charge < -0.3 is 15.4 Å². The molecule has 1 aromatic heterocycles. The number of nitro groups is 1. The van der Waals surface area contributed by atoms with Crippen LogP contribution in [-0.4, -0.2) is 34.6 Å². The van der Waals surface area contributed by atoms with Gasteiger partial charge in [-0.1, -0.05) is 29.8 Å². The van der Waals surface area contributed by atoms with E-state index in [1.165, 1.54) is 6.33 Å². The Bertz CT molecular complexity index is 691. The minimum atomic E-state index is -0.487. The highest BCUT2D eigenvalue weighted by Gasteiger charge is 2.23. The molecule has 0 aliphatic heterocycles. The number of aromatic nitrogens is 2. The minimum absolute atomic E-state index is 0.117. The quantitative estimate of drug-likeness (QED) is 0.566. The smallest absolute Gasteiger partial charge is 0.353 e. The molecule has 8 heteroatoms. The van der Waals surface area contributed by atoms with Crippen molar-refractivity contribution in [2.24, 2.45) is 0 Å². The molecule has 0 amide bonds. The Hall–Kier alpha value is -2.74. The number of nitrogens with one attached hydrogen (secondary N) is 2. The summed E-state index contributed by atoms with van der Waals surface area (Å²) in [6, 6.07) is 7.80. The van der Waals surface area contributed by atoms with Crippen LogP contribution < -0.4 is 10.6 Å². The second kappa shape index (κ2) is 8.21. The van der Waals surface area contributed by atoms with Crippen molar-refractivity contribution in [3.05, 3.63) is 51.8 Å².